The van der Waals surface area contributed by atoms with Crippen molar-refractivity contribution in [2.45, 2.75) is 46.1 Å². The molecule has 0 radical (unpaired) electrons. The first kappa shape index (κ1) is 17.4. The van der Waals surface area contributed by atoms with Crippen molar-refractivity contribution in [1.29, 1.82) is 0 Å². The van der Waals surface area contributed by atoms with E-state index in [1.807, 2.05) is 30.3 Å². The minimum atomic E-state index is 0.266. The molecule has 3 aromatic rings. The molecular formula is C18H24N6OS. The summed E-state index contributed by atoms with van der Waals surface area (Å²) in [4.78, 5) is 11.2. The molecule has 0 amide bonds. The highest BCUT2D eigenvalue weighted by atomic mass is 32.1. The second kappa shape index (κ2) is 7.69. The zero-order chi connectivity index (χ0) is 17.9. The van der Waals surface area contributed by atoms with Crippen LogP contribution in [0, 0.1) is 6.92 Å². The van der Waals surface area contributed by atoms with Crippen molar-refractivity contribution in [2.24, 2.45) is 0 Å². The van der Waals surface area contributed by atoms with Gasteiger partial charge in [-0.05, 0) is 13.8 Å². The van der Waals surface area contributed by atoms with Gasteiger partial charge in [-0.25, -0.2) is 9.97 Å². The van der Waals surface area contributed by atoms with Gasteiger partial charge in [0.25, 0.3) is 0 Å². The van der Waals surface area contributed by atoms with Gasteiger partial charge in [-0.1, -0.05) is 0 Å². The summed E-state index contributed by atoms with van der Waals surface area (Å²) in [6.45, 7) is 8.99. The smallest absolute Gasteiger partial charge is 0.0952 e. The molecule has 0 aliphatic carbocycles. The Morgan fingerprint density at radius 2 is 2.27 bits per heavy atom. The average Bonchev–Trinajstić information content (AvgIpc) is 3.36. The fourth-order valence-corrected chi connectivity index (χ4v) is 4.01. The number of fused-ring (bicyclic) bond motifs is 1. The zero-order valence-corrected chi connectivity index (χ0v) is 16.0. The standard InChI is InChI=1S/C18H24N6OS/c1-3-23-7-15(4-20-23)6-22-8-17-5-19-13-24(17)18(9-22)11-25-10-16-12-26-14(2)21-16/h4-5,7,12-13,18H,3,6,8-11H2,1-2H3/t18-/m0/s1. The second-order valence-electron chi connectivity index (χ2n) is 6.69. The van der Waals surface area contributed by atoms with E-state index in [9.17, 15) is 0 Å². The molecule has 0 spiro atoms. The van der Waals surface area contributed by atoms with Gasteiger partial charge in [0.15, 0.2) is 0 Å². The normalized spacial score (nSPS) is 17.5. The lowest BCUT2D eigenvalue weighted by Gasteiger charge is -2.34. The molecule has 0 fully saturated rings. The van der Waals surface area contributed by atoms with Gasteiger partial charge in [-0.3, -0.25) is 9.58 Å². The highest BCUT2D eigenvalue weighted by molar-refractivity contribution is 7.09. The predicted octanol–water partition coefficient (Wildman–Crippen LogP) is 2.64. The lowest BCUT2D eigenvalue weighted by Crippen LogP contribution is -2.38. The van der Waals surface area contributed by atoms with Gasteiger partial charge in [-0.15, -0.1) is 11.3 Å². The van der Waals surface area contributed by atoms with Gasteiger partial charge in [0.1, 0.15) is 0 Å². The summed E-state index contributed by atoms with van der Waals surface area (Å²) < 4.78 is 10.2. The number of imidazole rings is 1. The second-order valence-corrected chi connectivity index (χ2v) is 7.76. The lowest BCUT2D eigenvalue weighted by molar-refractivity contribution is 0.0575. The molecule has 3 aromatic heterocycles. The van der Waals surface area contributed by atoms with Crippen LogP contribution in [0.25, 0.3) is 0 Å². The number of aryl methyl sites for hydroxylation is 2. The maximum absolute atomic E-state index is 5.97. The van der Waals surface area contributed by atoms with Crippen molar-refractivity contribution in [3.8, 4) is 0 Å². The van der Waals surface area contributed by atoms with Crippen LogP contribution in [0.3, 0.4) is 0 Å². The molecule has 138 valence electrons. The van der Waals surface area contributed by atoms with E-state index in [1.165, 1.54) is 11.3 Å². The van der Waals surface area contributed by atoms with Crippen LogP contribution in [-0.4, -0.2) is 42.4 Å². The first-order valence-corrected chi connectivity index (χ1v) is 9.82. The average molecular weight is 372 g/mol. The minimum Gasteiger partial charge on any atom is -0.373 e. The third-order valence-corrected chi connectivity index (χ3v) is 5.46. The maximum atomic E-state index is 5.97. The van der Waals surface area contributed by atoms with E-state index in [-0.39, 0.29) is 6.04 Å². The van der Waals surface area contributed by atoms with E-state index in [1.54, 1.807) is 11.3 Å². The molecule has 0 aromatic carbocycles. The van der Waals surface area contributed by atoms with Crippen molar-refractivity contribution in [3.63, 3.8) is 0 Å². The summed E-state index contributed by atoms with van der Waals surface area (Å²) >= 11 is 1.66. The summed E-state index contributed by atoms with van der Waals surface area (Å²) in [7, 11) is 0. The number of hydrogen-bond donors (Lipinski definition) is 0. The molecule has 4 heterocycles. The summed E-state index contributed by atoms with van der Waals surface area (Å²) in [5.74, 6) is 0. The van der Waals surface area contributed by atoms with Crippen LogP contribution in [0.4, 0.5) is 0 Å². The van der Waals surface area contributed by atoms with Crippen LogP contribution in [0.5, 0.6) is 0 Å². The molecule has 0 unspecified atom stereocenters. The Bertz CT molecular complexity index is 853. The Balaban J connectivity index is 1.39. The molecule has 1 aliphatic heterocycles. The first-order valence-electron chi connectivity index (χ1n) is 8.94. The fraction of sp³-hybridized carbons (Fsp3) is 0.500. The van der Waals surface area contributed by atoms with Crippen LogP contribution in [-0.2, 0) is 31.0 Å². The van der Waals surface area contributed by atoms with Crippen LogP contribution in [0.1, 0.15) is 34.9 Å². The minimum absolute atomic E-state index is 0.266. The highest BCUT2D eigenvalue weighted by Gasteiger charge is 2.25. The summed E-state index contributed by atoms with van der Waals surface area (Å²) in [6, 6.07) is 0.266. The number of aromatic nitrogens is 5. The van der Waals surface area contributed by atoms with Crippen LogP contribution < -0.4 is 0 Å². The van der Waals surface area contributed by atoms with Crippen molar-refractivity contribution < 1.29 is 4.74 Å². The van der Waals surface area contributed by atoms with Gasteiger partial charge >= 0.3 is 0 Å². The predicted molar refractivity (Wildman–Crippen MR) is 99.8 cm³/mol. The van der Waals surface area contributed by atoms with Gasteiger partial charge in [0.05, 0.1) is 48.2 Å². The van der Waals surface area contributed by atoms with Gasteiger partial charge in [-0.2, -0.15) is 5.10 Å². The Morgan fingerprint density at radius 1 is 1.35 bits per heavy atom. The molecule has 0 saturated carbocycles. The molecule has 8 heteroatoms. The number of rotatable bonds is 7. The molecule has 4 rings (SSSR count). The van der Waals surface area contributed by atoms with Crippen LogP contribution in [0.15, 0.2) is 30.3 Å². The largest absolute Gasteiger partial charge is 0.373 e. The third-order valence-electron chi connectivity index (χ3n) is 4.64. The summed E-state index contributed by atoms with van der Waals surface area (Å²) in [6.07, 6.45) is 7.97. The third kappa shape index (κ3) is 3.87. The lowest BCUT2D eigenvalue weighted by atomic mass is 10.2. The molecule has 1 atom stereocenters. The number of thiazole rings is 1. The van der Waals surface area contributed by atoms with E-state index >= 15 is 0 Å². The Kier molecular flexibility index (Phi) is 5.14. The Hall–Kier alpha value is -2.03. The fourth-order valence-electron chi connectivity index (χ4n) is 3.41. The number of nitrogens with zero attached hydrogens (tertiary/aromatic N) is 6. The topological polar surface area (TPSA) is 61.0 Å². The van der Waals surface area contributed by atoms with Crippen molar-refractivity contribution in [3.05, 3.63) is 52.3 Å². The first-order chi connectivity index (χ1) is 12.7. The van der Waals surface area contributed by atoms with Crippen LogP contribution in [0.2, 0.25) is 0 Å². The summed E-state index contributed by atoms with van der Waals surface area (Å²) in [5.41, 5.74) is 3.49. The molecule has 1 aliphatic rings. The monoisotopic (exact) mass is 372 g/mol. The van der Waals surface area contributed by atoms with Gasteiger partial charge in [0.2, 0.25) is 0 Å². The molecule has 0 bridgehead atoms. The molecular weight excluding hydrogens is 348 g/mol. The van der Waals surface area contributed by atoms with Crippen molar-refractivity contribution in [2.75, 3.05) is 13.2 Å². The highest BCUT2D eigenvalue weighted by Crippen LogP contribution is 2.23. The molecule has 0 N–H and O–H groups in total. The Labute approximate surface area is 157 Å². The molecule has 7 nitrogen and oxygen atoms in total. The number of ether oxygens (including phenoxy) is 1. The molecule has 26 heavy (non-hydrogen) atoms. The molecule has 0 saturated heterocycles. The van der Waals surface area contributed by atoms with E-state index in [2.05, 4.69) is 43.0 Å². The van der Waals surface area contributed by atoms with Gasteiger partial charge in [0, 0.05) is 49.5 Å². The number of hydrogen-bond acceptors (Lipinski definition) is 6. The van der Waals surface area contributed by atoms with E-state index < -0.39 is 0 Å². The van der Waals surface area contributed by atoms with Crippen LogP contribution >= 0.6 is 11.3 Å². The van der Waals surface area contributed by atoms with E-state index in [0.29, 0.717) is 13.2 Å². The SMILES string of the molecule is CCn1cc(CN2Cc3cncn3[C@H](COCc3csc(C)n3)C2)cn1. The van der Waals surface area contributed by atoms with Crippen molar-refractivity contribution >= 4 is 11.3 Å². The van der Waals surface area contributed by atoms with E-state index in [4.69, 9.17) is 4.74 Å². The maximum Gasteiger partial charge on any atom is 0.0952 e. The van der Waals surface area contributed by atoms with E-state index in [0.717, 1.165) is 36.9 Å². The summed E-state index contributed by atoms with van der Waals surface area (Å²) in [5, 5.41) is 7.53. The van der Waals surface area contributed by atoms with Crippen molar-refractivity contribution in [1.82, 2.24) is 29.2 Å². The Morgan fingerprint density at radius 3 is 3.04 bits per heavy atom. The zero-order valence-electron chi connectivity index (χ0n) is 15.2. The quantitative estimate of drug-likeness (QED) is 0.638. The van der Waals surface area contributed by atoms with Gasteiger partial charge < -0.3 is 9.30 Å².